The van der Waals surface area contributed by atoms with Gasteiger partial charge in [0.05, 0.1) is 9.74 Å². The summed E-state index contributed by atoms with van der Waals surface area (Å²) in [5, 5.41) is 0. The fourth-order valence-corrected chi connectivity index (χ4v) is 3.52. The molecule has 0 aromatic carbocycles. The lowest BCUT2D eigenvalue weighted by atomic mass is 9.95. The molecular formula is C12H24N2OS2. The van der Waals surface area contributed by atoms with Crippen LogP contribution in [0.1, 0.15) is 25.7 Å². The summed E-state index contributed by atoms with van der Waals surface area (Å²) in [6.07, 6.45) is 6.66. The number of piperidine rings is 1. The maximum absolute atomic E-state index is 5.87. The highest BCUT2D eigenvalue weighted by molar-refractivity contribution is 8.01. The Morgan fingerprint density at radius 2 is 2.06 bits per heavy atom. The first-order valence-electron chi connectivity index (χ1n) is 6.21. The second-order valence-electron chi connectivity index (χ2n) is 4.60. The van der Waals surface area contributed by atoms with Gasteiger partial charge in [0.25, 0.3) is 0 Å². The van der Waals surface area contributed by atoms with Crippen LogP contribution in [0, 0.1) is 0 Å². The fraction of sp³-hybridized carbons (Fsp3) is 0.917. The second-order valence-corrected chi connectivity index (χ2v) is 6.23. The zero-order valence-electron chi connectivity index (χ0n) is 10.9. The van der Waals surface area contributed by atoms with E-state index >= 15 is 0 Å². The number of unbranched alkanes of at least 4 members (excludes halogenated alkanes) is 1. The van der Waals surface area contributed by atoms with E-state index in [0.717, 1.165) is 39.0 Å². The molecule has 5 heteroatoms. The van der Waals surface area contributed by atoms with E-state index in [9.17, 15) is 0 Å². The zero-order chi connectivity index (χ0) is 12.7. The van der Waals surface area contributed by atoms with Crippen LogP contribution in [-0.2, 0) is 4.74 Å². The van der Waals surface area contributed by atoms with E-state index in [2.05, 4.69) is 11.2 Å². The topological polar surface area (TPSA) is 38.5 Å². The van der Waals surface area contributed by atoms with E-state index in [-0.39, 0.29) is 4.75 Å². The van der Waals surface area contributed by atoms with Gasteiger partial charge in [-0.05, 0) is 51.6 Å². The van der Waals surface area contributed by atoms with E-state index in [0.29, 0.717) is 4.99 Å². The minimum atomic E-state index is 0.0539. The van der Waals surface area contributed by atoms with E-state index in [4.69, 9.17) is 22.7 Å². The Hall–Kier alpha value is 0.160. The Labute approximate surface area is 114 Å². The smallest absolute Gasteiger partial charge is 0.0891 e. The first-order valence-corrected chi connectivity index (χ1v) is 7.84. The lowest BCUT2D eigenvalue weighted by Crippen LogP contribution is -2.49. The van der Waals surface area contributed by atoms with Gasteiger partial charge in [-0.3, -0.25) is 0 Å². The van der Waals surface area contributed by atoms with Crippen molar-refractivity contribution in [3.8, 4) is 0 Å². The molecule has 0 aliphatic carbocycles. The quantitative estimate of drug-likeness (QED) is 0.568. The van der Waals surface area contributed by atoms with E-state index in [1.165, 1.54) is 13.0 Å². The number of hydrogen-bond donors (Lipinski definition) is 1. The minimum Gasteiger partial charge on any atom is -0.392 e. The lowest BCUT2D eigenvalue weighted by molar-refractivity contribution is 0.175. The Kier molecular flexibility index (Phi) is 6.77. The molecule has 0 aromatic heterocycles. The largest absolute Gasteiger partial charge is 0.392 e. The molecule has 0 unspecified atom stereocenters. The molecule has 1 aliphatic heterocycles. The van der Waals surface area contributed by atoms with E-state index in [1.807, 2.05) is 11.8 Å². The van der Waals surface area contributed by atoms with Crippen LogP contribution in [0.2, 0.25) is 0 Å². The van der Waals surface area contributed by atoms with Gasteiger partial charge in [-0.1, -0.05) is 12.2 Å². The number of methoxy groups -OCH3 is 1. The first kappa shape index (κ1) is 15.2. The molecule has 1 heterocycles. The Morgan fingerprint density at radius 1 is 1.41 bits per heavy atom. The standard InChI is InChI=1S/C12H24N2OS2/c1-15-10-4-3-7-14-8-5-12(17-2,6-9-14)11(13)16/h3-10H2,1-2H3,(H2,13,16). The number of ether oxygens (including phenoxy) is 1. The molecule has 1 aliphatic rings. The van der Waals surface area contributed by atoms with Crippen molar-refractivity contribution in [2.75, 3.05) is 39.6 Å². The number of rotatable bonds is 7. The van der Waals surface area contributed by atoms with Crippen LogP contribution in [0.4, 0.5) is 0 Å². The summed E-state index contributed by atoms with van der Waals surface area (Å²) in [7, 11) is 1.76. The molecule has 0 spiro atoms. The van der Waals surface area contributed by atoms with Crippen LogP contribution in [-0.4, -0.2) is 54.2 Å². The van der Waals surface area contributed by atoms with Gasteiger partial charge >= 0.3 is 0 Å². The number of nitrogens with zero attached hydrogens (tertiary/aromatic N) is 1. The predicted octanol–water partition coefficient (Wildman–Crippen LogP) is 1.90. The van der Waals surface area contributed by atoms with Crippen LogP contribution in [0.5, 0.6) is 0 Å². The molecule has 0 saturated carbocycles. The Balaban J connectivity index is 2.27. The summed E-state index contributed by atoms with van der Waals surface area (Å²) in [4.78, 5) is 3.20. The maximum Gasteiger partial charge on any atom is 0.0891 e. The number of likely N-dealkylation sites (tertiary alicyclic amines) is 1. The summed E-state index contributed by atoms with van der Waals surface area (Å²) in [5.74, 6) is 0. The van der Waals surface area contributed by atoms with Gasteiger partial charge in [-0.2, -0.15) is 11.8 Å². The SMILES string of the molecule is COCCCCN1CCC(SC)(C(N)=S)CC1. The van der Waals surface area contributed by atoms with Crippen LogP contribution in [0.25, 0.3) is 0 Å². The van der Waals surface area contributed by atoms with Gasteiger partial charge < -0.3 is 15.4 Å². The summed E-state index contributed by atoms with van der Waals surface area (Å²) >= 11 is 7.03. The highest BCUT2D eigenvalue weighted by atomic mass is 32.2. The van der Waals surface area contributed by atoms with E-state index in [1.54, 1.807) is 7.11 Å². The van der Waals surface area contributed by atoms with Crippen molar-refractivity contribution in [2.45, 2.75) is 30.4 Å². The molecular weight excluding hydrogens is 252 g/mol. The van der Waals surface area contributed by atoms with Crippen molar-refractivity contribution in [1.82, 2.24) is 4.90 Å². The maximum atomic E-state index is 5.87. The van der Waals surface area contributed by atoms with Crippen molar-refractivity contribution in [2.24, 2.45) is 5.73 Å². The summed E-state index contributed by atoms with van der Waals surface area (Å²) in [6.45, 7) is 4.27. The molecule has 1 fully saturated rings. The van der Waals surface area contributed by atoms with Gasteiger partial charge in [0.15, 0.2) is 0 Å². The second kappa shape index (κ2) is 7.56. The fourth-order valence-electron chi connectivity index (χ4n) is 2.27. The number of nitrogens with two attached hydrogens (primary N) is 1. The van der Waals surface area contributed by atoms with E-state index < -0.39 is 0 Å². The van der Waals surface area contributed by atoms with Gasteiger partial charge in [-0.25, -0.2) is 0 Å². The zero-order valence-corrected chi connectivity index (χ0v) is 12.5. The molecule has 17 heavy (non-hydrogen) atoms. The van der Waals surface area contributed by atoms with Gasteiger partial charge in [0.1, 0.15) is 0 Å². The van der Waals surface area contributed by atoms with Gasteiger partial charge in [0.2, 0.25) is 0 Å². The van der Waals surface area contributed by atoms with Crippen LogP contribution >= 0.6 is 24.0 Å². The number of thiocarbonyl (C=S) groups is 1. The molecule has 3 nitrogen and oxygen atoms in total. The van der Waals surface area contributed by atoms with Crippen molar-refractivity contribution in [1.29, 1.82) is 0 Å². The van der Waals surface area contributed by atoms with Crippen molar-refractivity contribution in [3.05, 3.63) is 0 Å². The number of thioether (sulfide) groups is 1. The third-order valence-corrected chi connectivity index (χ3v) is 5.51. The van der Waals surface area contributed by atoms with Crippen LogP contribution in [0.15, 0.2) is 0 Å². The molecule has 0 atom stereocenters. The summed E-state index contributed by atoms with van der Waals surface area (Å²) in [6, 6.07) is 0. The minimum absolute atomic E-state index is 0.0539. The van der Waals surface area contributed by atoms with Crippen molar-refractivity contribution < 1.29 is 4.74 Å². The van der Waals surface area contributed by atoms with Crippen molar-refractivity contribution in [3.63, 3.8) is 0 Å². The average Bonchev–Trinajstić information content (AvgIpc) is 2.35. The van der Waals surface area contributed by atoms with Crippen LogP contribution in [0.3, 0.4) is 0 Å². The molecule has 0 bridgehead atoms. The molecule has 0 radical (unpaired) electrons. The molecule has 1 saturated heterocycles. The normalized spacial score (nSPS) is 20.4. The highest BCUT2D eigenvalue weighted by Gasteiger charge is 2.36. The van der Waals surface area contributed by atoms with Gasteiger partial charge in [-0.15, -0.1) is 0 Å². The average molecular weight is 276 g/mol. The summed E-state index contributed by atoms with van der Waals surface area (Å²) in [5.41, 5.74) is 5.87. The predicted molar refractivity (Wildman–Crippen MR) is 79.8 cm³/mol. The number of hydrogen-bond acceptors (Lipinski definition) is 4. The van der Waals surface area contributed by atoms with Crippen molar-refractivity contribution >= 4 is 29.0 Å². The monoisotopic (exact) mass is 276 g/mol. The third-order valence-electron chi connectivity index (χ3n) is 3.58. The molecule has 2 N–H and O–H groups in total. The molecule has 100 valence electrons. The first-order chi connectivity index (χ1) is 8.14. The third kappa shape index (κ3) is 4.39. The molecule has 0 aromatic rings. The highest BCUT2D eigenvalue weighted by Crippen LogP contribution is 2.34. The molecule has 1 rings (SSSR count). The Bertz CT molecular complexity index is 241. The summed E-state index contributed by atoms with van der Waals surface area (Å²) < 4.78 is 5.11. The lowest BCUT2D eigenvalue weighted by Gasteiger charge is -2.40. The molecule has 0 amide bonds. The Morgan fingerprint density at radius 3 is 2.53 bits per heavy atom. The van der Waals surface area contributed by atoms with Gasteiger partial charge in [0, 0.05) is 13.7 Å². The van der Waals surface area contributed by atoms with Crippen LogP contribution < -0.4 is 5.73 Å².